The number of alkyl halides is 2. The number of methoxy groups -OCH3 is 1. The van der Waals surface area contributed by atoms with E-state index in [2.05, 4.69) is 20.1 Å². The number of hydrogen-bond acceptors (Lipinski definition) is 5. The van der Waals surface area contributed by atoms with Gasteiger partial charge in [-0.25, -0.2) is 0 Å². The number of carbonyl (C=O) groups is 1. The number of fused-ring (bicyclic) bond motifs is 1. The Morgan fingerprint density at radius 3 is 2.82 bits per heavy atom. The van der Waals surface area contributed by atoms with Crippen molar-refractivity contribution in [3.63, 3.8) is 0 Å². The molecule has 1 aliphatic heterocycles. The molecule has 1 aromatic rings. The summed E-state index contributed by atoms with van der Waals surface area (Å²) in [7, 11) is 1.59. The summed E-state index contributed by atoms with van der Waals surface area (Å²) in [5.74, 6) is -0.297. The van der Waals surface area contributed by atoms with E-state index in [1.54, 1.807) is 14.0 Å². The van der Waals surface area contributed by atoms with Crippen molar-refractivity contribution < 1.29 is 27.8 Å². The summed E-state index contributed by atoms with van der Waals surface area (Å²) in [6.07, 6.45) is -2.93. The molecular weight excluding hydrogens is 298 g/mol. The predicted octanol–water partition coefficient (Wildman–Crippen LogP) is 1.96. The van der Waals surface area contributed by atoms with Crippen molar-refractivity contribution in [2.45, 2.75) is 25.7 Å². The quantitative estimate of drug-likeness (QED) is 0.753. The molecule has 0 bridgehead atoms. The normalized spacial score (nSPS) is 16.2. The van der Waals surface area contributed by atoms with Gasteiger partial charge in [0, 0.05) is 32.0 Å². The van der Waals surface area contributed by atoms with E-state index in [1.807, 2.05) is 0 Å². The van der Waals surface area contributed by atoms with Crippen LogP contribution in [-0.4, -0.2) is 38.5 Å². The Labute approximate surface area is 126 Å². The average molecular weight is 316 g/mol. The third kappa shape index (κ3) is 4.20. The van der Waals surface area contributed by atoms with Gasteiger partial charge >= 0.3 is 6.29 Å². The van der Waals surface area contributed by atoms with E-state index in [4.69, 9.17) is 4.74 Å². The molecule has 0 saturated heterocycles. The van der Waals surface area contributed by atoms with Gasteiger partial charge in [-0.05, 0) is 25.5 Å². The molecule has 2 N–H and O–H groups in total. The number of hydrogen-bond donors (Lipinski definition) is 2. The van der Waals surface area contributed by atoms with Crippen LogP contribution in [0.25, 0.3) is 0 Å². The molecular formula is C14H18F2N2O4. The highest BCUT2D eigenvalue weighted by molar-refractivity contribution is 5.84. The van der Waals surface area contributed by atoms with Crippen LogP contribution >= 0.6 is 0 Å². The predicted molar refractivity (Wildman–Crippen MR) is 75.2 cm³/mol. The maximum atomic E-state index is 12.9. The van der Waals surface area contributed by atoms with E-state index < -0.39 is 12.3 Å². The first kappa shape index (κ1) is 16.3. The highest BCUT2D eigenvalue weighted by atomic mass is 19.3. The molecule has 1 aliphatic rings. The van der Waals surface area contributed by atoms with Crippen molar-refractivity contribution in [2.75, 3.05) is 25.6 Å². The molecule has 1 heterocycles. The van der Waals surface area contributed by atoms with Crippen LogP contribution in [0.3, 0.4) is 0 Å². The van der Waals surface area contributed by atoms with Crippen LogP contribution in [0.15, 0.2) is 18.2 Å². The fourth-order valence-corrected chi connectivity index (χ4v) is 1.94. The number of amides is 1. The molecule has 0 spiro atoms. The van der Waals surface area contributed by atoms with E-state index >= 15 is 0 Å². The van der Waals surface area contributed by atoms with Crippen LogP contribution in [0.2, 0.25) is 0 Å². The first-order valence-corrected chi connectivity index (χ1v) is 6.84. The minimum absolute atomic E-state index is 0.0350. The molecule has 6 nitrogen and oxygen atoms in total. The Bertz CT molecular complexity index is 540. The van der Waals surface area contributed by atoms with Crippen LogP contribution in [0.5, 0.6) is 11.5 Å². The fourth-order valence-electron chi connectivity index (χ4n) is 1.94. The van der Waals surface area contributed by atoms with E-state index in [-0.39, 0.29) is 17.4 Å². The zero-order chi connectivity index (χ0) is 16.2. The van der Waals surface area contributed by atoms with Gasteiger partial charge in [-0.1, -0.05) is 0 Å². The van der Waals surface area contributed by atoms with Gasteiger partial charge in [-0.2, -0.15) is 0 Å². The number of carbonyl (C=O) groups excluding carboxylic acids is 1. The Balaban J connectivity index is 1.87. The zero-order valence-corrected chi connectivity index (χ0v) is 12.3. The van der Waals surface area contributed by atoms with Gasteiger partial charge < -0.3 is 24.8 Å². The summed E-state index contributed by atoms with van der Waals surface area (Å²) in [5.41, 5.74) is 0.486. The maximum Gasteiger partial charge on any atom is 0.586 e. The first-order valence-electron chi connectivity index (χ1n) is 6.84. The zero-order valence-electron chi connectivity index (χ0n) is 12.3. The summed E-state index contributed by atoms with van der Waals surface area (Å²) in [5, 5.41) is 5.66. The van der Waals surface area contributed by atoms with Gasteiger partial charge in [-0.3, -0.25) is 4.79 Å². The maximum absolute atomic E-state index is 12.9. The lowest BCUT2D eigenvalue weighted by atomic mass is 10.2. The molecule has 0 aromatic heterocycles. The topological polar surface area (TPSA) is 68.8 Å². The molecule has 1 aromatic carbocycles. The molecule has 1 atom stereocenters. The lowest BCUT2D eigenvalue weighted by molar-refractivity contribution is -0.286. The minimum atomic E-state index is -3.65. The standard InChI is InChI=1S/C14H18F2N2O4/c1-9(13(19)17-6-3-7-20-2)18-10-4-5-11-12(8-10)22-14(15,16)21-11/h4-5,8-9,18H,3,6-7H2,1-2H3,(H,17,19). The van der Waals surface area contributed by atoms with E-state index in [1.165, 1.54) is 18.2 Å². The summed E-state index contributed by atoms with van der Waals surface area (Å²) in [4.78, 5) is 11.9. The molecule has 0 aliphatic carbocycles. The molecule has 22 heavy (non-hydrogen) atoms. The molecule has 1 amide bonds. The Kier molecular flexibility index (Phi) is 5.02. The number of rotatable bonds is 7. The number of benzene rings is 1. The van der Waals surface area contributed by atoms with Crippen LogP contribution < -0.4 is 20.1 Å². The second-order valence-corrected chi connectivity index (χ2v) is 4.83. The van der Waals surface area contributed by atoms with Crippen molar-refractivity contribution in [2.24, 2.45) is 0 Å². The van der Waals surface area contributed by atoms with Crippen molar-refractivity contribution in [3.8, 4) is 11.5 Å². The van der Waals surface area contributed by atoms with Gasteiger partial charge in [-0.15, -0.1) is 8.78 Å². The SMILES string of the molecule is COCCCNC(=O)C(C)Nc1ccc2c(c1)OC(F)(F)O2. The lowest BCUT2D eigenvalue weighted by Gasteiger charge is -2.15. The Morgan fingerprint density at radius 1 is 1.36 bits per heavy atom. The summed E-state index contributed by atoms with van der Waals surface area (Å²) in [6, 6.07) is 3.74. The second-order valence-electron chi connectivity index (χ2n) is 4.83. The number of ether oxygens (including phenoxy) is 3. The van der Waals surface area contributed by atoms with Crippen molar-refractivity contribution in [3.05, 3.63) is 18.2 Å². The second kappa shape index (κ2) is 6.78. The molecule has 1 unspecified atom stereocenters. The van der Waals surface area contributed by atoms with Gasteiger partial charge in [0.25, 0.3) is 0 Å². The van der Waals surface area contributed by atoms with Crippen LogP contribution in [0, 0.1) is 0 Å². The van der Waals surface area contributed by atoms with Crippen LogP contribution in [-0.2, 0) is 9.53 Å². The third-order valence-electron chi connectivity index (χ3n) is 3.00. The number of nitrogens with one attached hydrogen (secondary N) is 2. The summed E-state index contributed by atoms with van der Waals surface area (Å²) < 4.78 is 39.4. The van der Waals surface area contributed by atoms with E-state index in [0.29, 0.717) is 25.3 Å². The van der Waals surface area contributed by atoms with Crippen molar-refractivity contribution in [1.82, 2.24) is 5.32 Å². The first-order chi connectivity index (χ1) is 10.4. The molecule has 8 heteroatoms. The molecule has 0 fully saturated rings. The molecule has 122 valence electrons. The Hall–Kier alpha value is -2.09. The third-order valence-corrected chi connectivity index (χ3v) is 3.00. The highest BCUT2D eigenvalue weighted by Crippen LogP contribution is 2.42. The monoisotopic (exact) mass is 316 g/mol. The van der Waals surface area contributed by atoms with Crippen LogP contribution in [0.4, 0.5) is 14.5 Å². The van der Waals surface area contributed by atoms with E-state index in [0.717, 1.165) is 0 Å². The summed E-state index contributed by atoms with van der Waals surface area (Å²) in [6.45, 7) is 2.75. The van der Waals surface area contributed by atoms with Gasteiger partial charge in [0.15, 0.2) is 11.5 Å². The lowest BCUT2D eigenvalue weighted by Crippen LogP contribution is -2.38. The van der Waals surface area contributed by atoms with Crippen molar-refractivity contribution >= 4 is 11.6 Å². The Morgan fingerprint density at radius 2 is 2.09 bits per heavy atom. The van der Waals surface area contributed by atoms with Gasteiger partial charge in [0.05, 0.1) is 0 Å². The van der Waals surface area contributed by atoms with E-state index in [9.17, 15) is 13.6 Å². The molecule has 0 radical (unpaired) electrons. The fraction of sp³-hybridized carbons (Fsp3) is 0.500. The minimum Gasteiger partial charge on any atom is -0.395 e. The molecule has 2 rings (SSSR count). The van der Waals surface area contributed by atoms with Crippen molar-refractivity contribution in [1.29, 1.82) is 0 Å². The largest absolute Gasteiger partial charge is 0.586 e. The number of halogens is 2. The smallest absolute Gasteiger partial charge is 0.395 e. The summed E-state index contributed by atoms with van der Waals surface area (Å²) >= 11 is 0. The number of anilines is 1. The van der Waals surface area contributed by atoms with Crippen LogP contribution in [0.1, 0.15) is 13.3 Å². The highest BCUT2D eigenvalue weighted by Gasteiger charge is 2.43. The van der Waals surface area contributed by atoms with Gasteiger partial charge in [0.2, 0.25) is 5.91 Å². The molecule has 0 saturated carbocycles. The average Bonchev–Trinajstić information content (AvgIpc) is 2.76. The van der Waals surface area contributed by atoms with Gasteiger partial charge in [0.1, 0.15) is 6.04 Å².